The highest BCUT2D eigenvalue weighted by atomic mass is 15.0. The van der Waals surface area contributed by atoms with Crippen LogP contribution in [0.15, 0.2) is 200 Å². The molecule has 0 saturated carbocycles. The van der Waals surface area contributed by atoms with E-state index in [1.807, 2.05) is 48.7 Å². The van der Waals surface area contributed by atoms with Crippen LogP contribution in [0, 0.1) is 0 Å². The molecule has 56 heavy (non-hydrogen) atoms. The summed E-state index contributed by atoms with van der Waals surface area (Å²) in [6.45, 7) is 0. The molecule has 4 aromatic heterocycles. The number of hydrogen-bond donors (Lipinski definition) is 0. The van der Waals surface area contributed by atoms with Gasteiger partial charge in [-0.15, -0.1) is 0 Å². The van der Waals surface area contributed by atoms with Gasteiger partial charge in [-0.25, -0.2) is 15.0 Å². The quantitative estimate of drug-likeness (QED) is 0.172. The molecule has 0 N–H and O–H groups in total. The maximum absolute atomic E-state index is 5.06. The first kappa shape index (κ1) is 31.9. The second kappa shape index (κ2) is 13.0. The average molecular weight is 716 g/mol. The Kier molecular flexibility index (Phi) is 7.42. The van der Waals surface area contributed by atoms with Gasteiger partial charge in [-0.2, -0.15) is 0 Å². The van der Waals surface area contributed by atoms with Gasteiger partial charge in [-0.05, 0) is 77.9 Å². The summed E-state index contributed by atoms with van der Waals surface area (Å²) in [5.41, 5.74) is 13.8. The zero-order valence-electron chi connectivity index (χ0n) is 30.3. The molecule has 0 bridgehead atoms. The van der Waals surface area contributed by atoms with Crippen molar-refractivity contribution in [2.75, 3.05) is 0 Å². The first-order valence-electron chi connectivity index (χ1n) is 18.9. The van der Waals surface area contributed by atoms with Crippen LogP contribution in [0.2, 0.25) is 0 Å². The molecule has 0 aliphatic rings. The van der Waals surface area contributed by atoms with Crippen LogP contribution >= 0.6 is 0 Å². The highest BCUT2D eigenvalue weighted by molar-refractivity contribution is 6.12. The van der Waals surface area contributed by atoms with Gasteiger partial charge in [-0.1, -0.05) is 127 Å². The predicted octanol–water partition coefficient (Wildman–Crippen LogP) is 12.7. The molecule has 0 fully saturated rings. The van der Waals surface area contributed by atoms with Crippen LogP contribution < -0.4 is 0 Å². The summed E-state index contributed by atoms with van der Waals surface area (Å²) in [6, 6.07) is 68.3. The Morgan fingerprint density at radius 3 is 1.64 bits per heavy atom. The summed E-state index contributed by atoms with van der Waals surface area (Å²) >= 11 is 0. The van der Waals surface area contributed by atoms with Crippen molar-refractivity contribution >= 4 is 43.7 Å². The molecule has 11 aromatic rings. The van der Waals surface area contributed by atoms with Crippen LogP contribution in [-0.2, 0) is 0 Å². The lowest BCUT2D eigenvalue weighted by molar-refractivity contribution is 1.14. The van der Waals surface area contributed by atoms with E-state index in [1.165, 1.54) is 21.7 Å². The molecule has 0 radical (unpaired) electrons. The number of rotatable bonds is 6. The predicted molar refractivity (Wildman–Crippen MR) is 230 cm³/mol. The fourth-order valence-electron chi connectivity index (χ4n) is 8.14. The normalized spacial score (nSPS) is 11.6. The Balaban J connectivity index is 1.02. The van der Waals surface area contributed by atoms with Crippen LogP contribution in [0.3, 0.4) is 0 Å². The zero-order chi connectivity index (χ0) is 37.0. The first-order valence-corrected chi connectivity index (χ1v) is 18.9. The molecule has 0 aliphatic heterocycles. The van der Waals surface area contributed by atoms with E-state index in [0.717, 1.165) is 72.6 Å². The van der Waals surface area contributed by atoms with Crippen LogP contribution in [0.4, 0.5) is 0 Å². The Morgan fingerprint density at radius 1 is 0.321 bits per heavy atom. The molecule has 0 amide bonds. The second-order valence-electron chi connectivity index (χ2n) is 14.1. The molecule has 262 valence electrons. The number of para-hydroxylation sites is 2. The lowest BCUT2D eigenvalue weighted by Gasteiger charge is -2.12. The van der Waals surface area contributed by atoms with Gasteiger partial charge < -0.3 is 4.57 Å². The van der Waals surface area contributed by atoms with Gasteiger partial charge in [0.2, 0.25) is 0 Å². The molecular formula is C51H33N5. The van der Waals surface area contributed by atoms with Crippen molar-refractivity contribution in [3.05, 3.63) is 200 Å². The summed E-state index contributed by atoms with van der Waals surface area (Å²) in [5.74, 6) is 0.710. The molecule has 0 atom stereocenters. The summed E-state index contributed by atoms with van der Waals surface area (Å²) in [7, 11) is 0. The Labute approximate surface area is 323 Å². The van der Waals surface area contributed by atoms with Crippen molar-refractivity contribution < 1.29 is 0 Å². The van der Waals surface area contributed by atoms with E-state index in [0.29, 0.717) is 5.82 Å². The highest BCUT2D eigenvalue weighted by Gasteiger charge is 2.17. The van der Waals surface area contributed by atoms with Gasteiger partial charge in [-0.3, -0.25) is 4.57 Å². The second-order valence-corrected chi connectivity index (χ2v) is 14.1. The third-order valence-corrected chi connectivity index (χ3v) is 10.8. The van der Waals surface area contributed by atoms with Gasteiger partial charge in [0, 0.05) is 55.8 Å². The molecule has 0 aliphatic carbocycles. The van der Waals surface area contributed by atoms with Gasteiger partial charge in [0.1, 0.15) is 5.65 Å². The Hall–Kier alpha value is -7.63. The van der Waals surface area contributed by atoms with E-state index < -0.39 is 0 Å². The number of hydrogen-bond acceptors (Lipinski definition) is 3. The molecule has 0 spiro atoms. The Bertz CT molecular complexity index is 3160. The molecule has 7 aromatic carbocycles. The van der Waals surface area contributed by atoms with Crippen molar-refractivity contribution in [2.24, 2.45) is 0 Å². The van der Waals surface area contributed by atoms with Crippen molar-refractivity contribution in [2.45, 2.75) is 0 Å². The minimum absolute atomic E-state index is 0.710. The smallest absolute Gasteiger partial charge is 0.160 e. The monoisotopic (exact) mass is 715 g/mol. The summed E-state index contributed by atoms with van der Waals surface area (Å²) in [5, 5.41) is 4.77. The lowest BCUT2D eigenvalue weighted by atomic mass is 10.0. The number of pyridine rings is 1. The van der Waals surface area contributed by atoms with E-state index in [2.05, 4.69) is 161 Å². The summed E-state index contributed by atoms with van der Waals surface area (Å²) < 4.78 is 4.64. The fraction of sp³-hybridized carbons (Fsp3) is 0. The largest absolute Gasteiger partial charge is 0.309 e. The summed E-state index contributed by atoms with van der Waals surface area (Å²) in [6.07, 6.45) is 1.87. The molecular weight excluding hydrogens is 683 g/mol. The SMILES string of the molecule is c1ccc(-c2cc(-c3ccc(-n4c5ccccc5c5cc(-c6ccc7c8cccnc8n(-c8ccccc8)c7c6)ccc54)cc3)nc(-c3ccccc3)n2)cc1. The van der Waals surface area contributed by atoms with Gasteiger partial charge in [0.25, 0.3) is 0 Å². The maximum Gasteiger partial charge on any atom is 0.160 e. The van der Waals surface area contributed by atoms with Crippen molar-refractivity contribution in [3.8, 4) is 56.4 Å². The molecule has 0 unspecified atom stereocenters. The topological polar surface area (TPSA) is 48.5 Å². The molecule has 5 heteroatoms. The highest BCUT2D eigenvalue weighted by Crippen LogP contribution is 2.38. The lowest BCUT2D eigenvalue weighted by Crippen LogP contribution is -1.97. The molecule has 4 heterocycles. The van der Waals surface area contributed by atoms with E-state index in [4.69, 9.17) is 15.0 Å². The Morgan fingerprint density at radius 2 is 0.875 bits per heavy atom. The van der Waals surface area contributed by atoms with Crippen LogP contribution in [-0.4, -0.2) is 24.1 Å². The van der Waals surface area contributed by atoms with E-state index >= 15 is 0 Å². The minimum Gasteiger partial charge on any atom is -0.309 e. The number of nitrogens with zero attached hydrogens (tertiary/aromatic N) is 5. The standard InChI is InChI=1S/C51H33N5/c1-4-13-34(14-5-1)45-33-46(54-50(53-45)36-15-6-2-7-16-36)35-22-26-40(27-23-35)55-47-21-11-10-19-41(47)44-31-37(25-29-48(44)55)38-24-28-42-43-20-12-30-52-51(43)56(49(42)32-38)39-17-8-3-9-18-39/h1-33H. The first-order chi connectivity index (χ1) is 27.8. The van der Waals surface area contributed by atoms with Gasteiger partial charge in [0.15, 0.2) is 5.82 Å². The zero-order valence-corrected chi connectivity index (χ0v) is 30.3. The van der Waals surface area contributed by atoms with Gasteiger partial charge in [0.05, 0.1) is 27.9 Å². The number of fused-ring (bicyclic) bond motifs is 6. The van der Waals surface area contributed by atoms with Crippen molar-refractivity contribution in [3.63, 3.8) is 0 Å². The third-order valence-electron chi connectivity index (χ3n) is 10.8. The molecule has 0 saturated heterocycles. The fourth-order valence-corrected chi connectivity index (χ4v) is 8.14. The van der Waals surface area contributed by atoms with Crippen molar-refractivity contribution in [1.29, 1.82) is 0 Å². The average Bonchev–Trinajstić information content (AvgIpc) is 3.79. The summed E-state index contributed by atoms with van der Waals surface area (Å²) in [4.78, 5) is 14.9. The third kappa shape index (κ3) is 5.29. The van der Waals surface area contributed by atoms with Crippen LogP contribution in [0.5, 0.6) is 0 Å². The van der Waals surface area contributed by atoms with E-state index in [9.17, 15) is 0 Å². The number of aromatic nitrogens is 5. The van der Waals surface area contributed by atoms with E-state index in [-0.39, 0.29) is 0 Å². The maximum atomic E-state index is 5.06. The minimum atomic E-state index is 0.710. The van der Waals surface area contributed by atoms with Crippen molar-refractivity contribution in [1.82, 2.24) is 24.1 Å². The van der Waals surface area contributed by atoms with E-state index in [1.54, 1.807) is 0 Å². The molecule has 11 rings (SSSR count). The molecule has 5 nitrogen and oxygen atoms in total. The van der Waals surface area contributed by atoms with Gasteiger partial charge >= 0.3 is 0 Å². The van der Waals surface area contributed by atoms with Crippen LogP contribution in [0.25, 0.3) is 100 Å². The number of benzene rings is 7. The van der Waals surface area contributed by atoms with Crippen LogP contribution in [0.1, 0.15) is 0 Å².